The molecule has 2 rings (SSSR count). The topological polar surface area (TPSA) is 95.2 Å². The van der Waals surface area contributed by atoms with Gasteiger partial charge >= 0.3 is 5.97 Å². The number of carbonyl (C=O) groups is 2. The van der Waals surface area contributed by atoms with Crippen LogP contribution in [-0.4, -0.2) is 34.3 Å². The van der Waals surface area contributed by atoms with Crippen molar-refractivity contribution in [2.45, 2.75) is 4.34 Å². The molecule has 0 spiro atoms. The van der Waals surface area contributed by atoms with Crippen LogP contribution in [0.25, 0.3) is 0 Å². The number of carbonyl (C=O) groups excluding carboxylic acids is 2. The molecule has 0 bridgehead atoms. The van der Waals surface area contributed by atoms with Crippen molar-refractivity contribution < 1.29 is 14.3 Å². The standard InChI is InChI=1S/C12H10BrN3O3S2/c13-8-3-1-2-7(4-8)9(17)5-19-10(18)6-20-12-16-15-11(14)21-12/h1-4H,5-6H2,(H2,14,15). The molecule has 0 radical (unpaired) electrons. The Balaban J connectivity index is 1.77. The molecule has 0 saturated carbocycles. The van der Waals surface area contributed by atoms with E-state index in [4.69, 9.17) is 10.5 Å². The summed E-state index contributed by atoms with van der Waals surface area (Å²) >= 11 is 5.64. The van der Waals surface area contributed by atoms with Gasteiger partial charge in [-0.2, -0.15) is 0 Å². The Bertz CT molecular complexity index is 663. The number of esters is 1. The minimum Gasteiger partial charge on any atom is -0.457 e. The SMILES string of the molecule is Nc1nnc(SCC(=O)OCC(=O)c2cccc(Br)c2)s1. The fourth-order valence-electron chi connectivity index (χ4n) is 1.33. The fourth-order valence-corrected chi connectivity index (χ4v) is 3.17. The van der Waals surface area contributed by atoms with Crippen molar-refractivity contribution in [3.8, 4) is 0 Å². The average Bonchev–Trinajstić information content (AvgIpc) is 2.88. The van der Waals surface area contributed by atoms with E-state index in [1.165, 1.54) is 23.1 Å². The number of nitrogens with zero attached hydrogens (tertiary/aromatic N) is 2. The van der Waals surface area contributed by atoms with Crippen molar-refractivity contribution in [1.29, 1.82) is 0 Å². The normalized spacial score (nSPS) is 10.3. The highest BCUT2D eigenvalue weighted by atomic mass is 79.9. The first-order valence-electron chi connectivity index (χ1n) is 5.71. The van der Waals surface area contributed by atoms with E-state index >= 15 is 0 Å². The minimum absolute atomic E-state index is 0.0559. The molecule has 2 aromatic rings. The molecule has 2 N–H and O–H groups in total. The summed E-state index contributed by atoms with van der Waals surface area (Å²) in [6.07, 6.45) is 0. The average molecular weight is 388 g/mol. The Morgan fingerprint density at radius 3 is 2.86 bits per heavy atom. The van der Waals surface area contributed by atoms with Crippen molar-refractivity contribution in [1.82, 2.24) is 10.2 Å². The highest BCUT2D eigenvalue weighted by molar-refractivity contribution is 9.10. The maximum absolute atomic E-state index is 11.8. The number of anilines is 1. The zero-order valence-electron chi connectivity index (χ0n) is 10.6. The third-order valence-corrected chi connectivity index (χ3v) is 4.60. The number of halogens is 1. The van der Waals surface area contributed by atoms with E-state index < -0.39 is 5.97 Å². The lowest BCUT2D eigenvalue weighted by Gasteiger charge is -2.03. The van der Waals surface area contributed by atoms with Crippen LogP contribution in [0, 0.1) is 0 Å². The molecule has 0 saturated heterocycles. The van der Waals surface area contributed by atoms with E-state index in [9.17, 15) is 9.59 Å². The predicted octanol–water partition coefficient (Wildman–Crippen LogP) is 2.40. The number of hydrogen-bond acceptors (Lipinski definition) is 8. The van der Waals surface area contributed by atoms with Gasteiger partial charge in [0, 0.05) is 10.0 Å². The molecule has 110 valence electrons. The highest BCUT2D eigenvalue weighted by Gasteiger charge is 2.12. The Morgan fingerprint density at radius 1 is 1.38 bits per heavy atom. The van der Waals surface area contributed by atoms with Gasteiger partial charge in [-0.3, -0.25) is 9.59 Å². The zero-order valence-corrected chi connectivity index (χ0v) is 13.8. The monoisotopic (exact) mass is 387 g/mol. The summed E-state index contributed by atoms with van der Waals surface area (Å²) in [6, 6.07) is 6.90. The lowest BCUT2D eigenvalue weighted by molar-refractivity contribution is -0.139. The summed E-state index contributed by atoms with van der Waals surface area (Å²) in [5, 5.41) is 7.74. The third-order valence-electron chi connectivity index (χ3n) is 2.25. The van der Waals surface area contributed by atoms with Crippen LogP contribution in [0.1, 0.15) is 10.4 Å². The maximum atomic E-state index is 11.8. The summed E-state index contributed by atoms with van der Waals surface area (Å²) < 4.78 is 6.31. The Labute approximate surface area is 137 Å². The van der Waals surface area contributed by atoms with Crippen molar-refractivity contribution in [2.24, 2.45) is 0 Å². The zero-order chi connectivity index (χ0) is 15.2. The molecule has 21 heavy (non-hydrogen) atoms. The predicted molar refractivity (Wildman–Crippen MR) is 84.5 cm³/mol. The van der Waals surface area contributed by atoms with Crippen molar-refractivity contribution in [3.05, 3.63) is 34.3 Å². The van der Waals surface area contributed by atoms with Gasteiger partial charge in [0.25, 0.3) is 0 Å². The second-order valence-corrected chi connectivity index (χ2v) is 6.94. The number of ether oxygens (including phenoxy) is 1. The second kappa shape index (κ2) is 7.53. The molecule has 1 aromatic heterocycles. The number of nitrogen functional groups attached to an aromatic ring is 1. The quantitative estimate of drug-likeness (QED) is 0.461. The van der Waals surface area contributed by atoms with Gasteiger partial charge in [0.2, 0.25) is 5.13 Å². The van der Waals surface area contributed by atoms with Crippen LogP contribution in [0.15, 0.2) is 33.1 Å². The Morgan fingerprint density at radius 2 is 2.19 bits per heavy atom. The molecule has 0 aliphatic carbocycles. The fraction of sp³-hybridized carbons (Fsp3) is 0.167. The maximum Gasteiger partial charge on any atom is 0.316 e. The first kappa shape index (κ1) is 15.9. The lowest BCUT2D eigenvalue weighted by atomic mass is 10.1. The number of benzene rings is 1. The summed E-state index contributed by atoms with van der Waals surface area (Å²) in [5.41, 5.74) is 5.91. The van der Waals surface area contributed by atoms with E-state index in [0.29, 0.717) is 15.0 Å². The van der Waals surface area contributed by atoms with Crippen LogP contribution in [-0.2, 0) is 9.53 Å². The molecule has 0 amide bonds. The van der Waals surface area contributed by atoms with E-state index in [1.54, 1.807) is 18.2 Å². The van der Waals surface area contributed by atoms with Crippen molar-refractivity contribution >= 4 is 55.9 Å². The Kier molecular flexibility index (Phi) is 5.71. The number of nitrogens with two attached hydrogens (primary N) is 1. The van der Waals surface area contributed by atoms with Gasteiger partial charge in [-0.15, -0.1) is 10.2 Å². The molecule has 0 aliphatic rings. The number of rotatable bonds is 6. The third kappa shape index (κ3) is 5.10. The molecule has 9 heteroatoms. The van der Waals surface area contributed by atoms with Crippen LogP contribution in [0.4, 0.5) is 5.13 Å². The van der Waals surface area contributed by atoms with Gasteiger partial charge < -0.3 is 10.5 Å². The summed E-state index contributed by atoms with van der Waals surface area (Å²) in [7, 11) is 0. The molecular weight excluding hydrogens is 378 g/mol. The van der Waals surface area contributed by atoms with E-state index in [0.717, 1.165) is 4.47 Å². The molecule has 0 aliphatic heterocycles. The number of Topliss-reactive ketones (excluding diaryl/α,β-unsaturated/α-hetero) is 1. The van der Waals surface area contributed by atoms with E-state index in [1.807, 2.05) is 6.07 Å². The summed E-state index contributed by atoms with van der Waals surface area (Å²) in [6.45, 7) is -0.284. The van der Waals surface area contributed by atoms with Crippen LogP contribution in [0.3, 0.4) is 0 Å². The van der Waals surface area contributed by atoms with Gasteiger partial charge in [0.05, 0.1) is 5.75 Å². The molecule has 6 nitrogen and oxygen atoms in total. The van der Waals surface area contributed by atoms with Gasteiger partial charge in [0.15, 0.2) is 16.7 Å². The van der Waals surface area contributed by atoms with E-state index in [2.05, 4.69) is 26.1 Å². The smallest absolute Gasteiger partial charge is 0.316 e. The van der Waals surface area contributed by atoms with Gasteiger partial charge in [-0.05, 0) is 12.1 Å². The van der Waals surface area contributed by atoms with Crippen LogP contribution in [0.5, 0.6) is 0 Å². The van der Waals surface area contributed by atoms with Crippen molar-refractivity contribution in [3.63, 3.8) is 0 Å². The van der Waals surface area contributed by atoms with Crippen LogP contribution < -0.4 is 5.73 Å². The lowest BCUT2D eigenvalue weighted by Crippen LogP contribution is -2.15. The molecule has 0 fully saturated rings. The van der Waals surface area contributed by atoms with Gasteiger partial charge in [-0.25, -0.2) is 0 Å². The largest absolute Gasteiger partial charge is 0.457 e. The number of aromatic nitrogens is 2. The second-order valence-electron chi connectivity index (χ2n) is 3.79. The molecule has 0 unspecified atom stereocenters. The summed E-state index contributed by atoms with van der Waals surface area (Å²) in [4.78, 5) is 23.4. The minimum atomic E-state index is -0.489. The number of thioether (sulfide) groups is 1. The molecule has 1 aromatic carbocycles. The molecule has 0 atom stereocenters. The van der Waals surface area contributed by atoms with Crippen LogP contribution >= 0.6 is 39.0 Å². The molecular formula is C12H10BrN3O3S2. The van der Waals surface area contributed by atoms with Gasteiger partial charge in [0.1, 0.15) is 0 Å². The molecule has 1 heterocycles. The van der Waals surface area contributed by atoms with E-state index in [-0.39, 0.29) is 18.1 Å². The number of ketones is 1. The highest BCUT2D eigenvalue weighted by Crippen LogP contribution is 2.23. The van der Waals surface area contributed by atoms with Gasteiger partial charge in [-0.1, -0.05) is 51.2 Å². The first-order valence-corrected chi connectivity index (χ1v) is 8.30. The van der Waals surface area contributed by atoms with Crippen LogP contribution in [0.2, 0.25) is 0 Å². The summed E-state index contributed by atoms with van der Waals surface area (Å²) in [5.74, 6) is -0.688. The first-order chi connectivity index (χ1) is 10.0. The van der Waals surface area contributed by atoms with Crippen molar-refractivity contribution in [2.75, 3.05) is 18.1 Å². The Hall–Kier alpha value is -1.45. The number of hydrogen-bond donors (Lipinski definition) is 1.